The van der Waals surface area contributed by atoms with Crippen LogP contribution in [0.15, 0.2) is 30.3 Å². The molecule has 2 aliphatic heterocycles. The van der Waals surface area contributed by atoms with Gasteiger partial charge in [-0.3, -0.25) is 4.90 Å². The zero-order valence-corrected chi connectivity index (χ0v) is 14.0. The lowest BCUT2D eigenvalue weighted by atomic mass is 10.2. The fraction of sp³-hybridized carbons (Fsp3) is 0.353. The lowest BCUT2D eigenvalue weighted by Crippen LogP contribution is -2.49. The third-order valence-corrected chi connectivity index (χ3v) is 4.26. The maximum absolute atomic E-state index is 12.4. The molecular weight excluding hydrogens is 367 g/mol. The molecule has 0 aliphatic carbocycles. The van der Waals surface area contributed by atoms with Gasteiger partial charge in [0.25, 0.3) is 0 Å². The summed E-state index contributed by atoms with van der Waals surface area (Å²) in [4.78, 5) is 37.7. The third-order valence-electron chi connectivity index (χ3n) is 4.26. The molecule has 2 amide bonds. The highest BCUT2D eigenvalue weighted by Gasteiger charge is 2.42. The number of hydrogen-bond acceptors (Lipinski definition) is 5. The largest absolute Gasteiger partial charge is 0.491 e. The van der Waals surface area contributed by atoms with E-state index < -0.39 is 18.1 Å². The summed E-state index contributed by atoms with van der Waals surface area (Å²) >= 11 is 0. The number of esters is 2. The zero-order valence-electron chi connectivity index (χ0n) is 14.0. The van der Waals surface area contributed by atoms with E-state index in [9.17, 15) is 27.6 Å². The minimum atomic E-state index is -5.23. The van der Waals surface area contributed by atoms with Crippen molar-refractivity contribution in [2.45, 2.75) is 12.2 Å². The van der Waals surface area contributed by atoms with Crippen molar-refractivity contribution in [2.24, 2.45) is 0 Å². The van der Waals surface area contributed by atoms with Crippen LogP contribution in [0.4, 0.5) is 23.7 Å². The van der Waals surface area contributed by atoms with E-state index in [0.29, 0.717) is 24.3 Å². The number of piperazine rings is 1. The van der Waals surface area contributed by atoms with Crippen LogP contribution >= 0.6 is 0 Å². The first kappa shape index (κ1) is 18.9. The highest BCUT2D eigenvalue weighted by Crippen LogP contribution is 2.25. The minimum Gasteiger partial charge on any atom is -0.383 e. The number of urea groups is 1. The summed E-state index contributed by atoms with van der Waals surface area (Å²) in [7, 11) is 0. The molecule has 10 heteroatoms. The molecule has 0 aromatic heterocycles. The van der Waals surface area contributed by atoms with Crippen LogP contribution in [0.25, 0.3) is 6.08 Å². The average Bonchev–Trinajstić information content (AvgIpc) is 2.97. The van der Waals surface area contributed by atoms with Gasteiger partial charge in [-0.2, -0.15) is 13.2 Å². The van der Waals surface area contributed by atoms with Gasteiger partial charge in [-0.25, -0.2) is 14.4 Å². The fourth-order valence-corrected chi connectivity index (χ4v) is 2.95. The van der Waals surface area contributed by atoms with Crippen LogP contribution in [-0.2, 0) is 14.3 Å². The van der Waals surface area contributed by atoms with Crippen LogP contribution in [0.2, 0.25) is 0 Å². The standard InChI is InChI=1S/C17H16F3N3O4/c18-17(19,20)15(25)27-14(24)6-3-11-1-4-12(5-2-11)23-10-13-9-21-7-8-22(13)16(23)26/h1-6,13,21H,7-10H2/b6-3+/t13-/m0/s1. The zero-order chi connectivity index (χ0) is 19.6. The van der Waals surface area contributed by atoms with Crippen molar-refractivity contribution >= 4 is 29.7 Å². The van der Waals surface area contributed by atoms with Crippen molar-refractivity contribution in [3.63, 3.8) is 0 Å². The SMILES string of the molecule is O=C(/C=C/c1ccc(N2C[C@@H]3CNCCN3C2=O)cc1)OC(=O)C(F)(F)F. The summed E-state index contributed by atoms with van der Waals surface area (Å²) in [6.45, 7) is 2.71. The summed E-state index contributed by atoms with van der Waals surface area (Å²) in [6, 6.07) is 6.61. The number of amides is 2. The van der Waals surface area contributed by atoms with E-state index in [1.807, 2.05) is 4.90 Å². The van der Waals surface area contributed by atoms with Gasteiger partial charge in [0.2, 0.25) is 0 Å². The number of benzene rings is 1. The second-order valence-electron chi connectivity index (χ2n) is 6.08. The summed E-state index contributed by atoms with van der Waals surface area (Å²) in [5.41, 5.74) is 1.18. The van der Waals surface area contributed by atoms with Gasteiger partial charge in [0.1, 0.15) is 0 Å². The lowest BCUT2D eigenvalue weighted by Gasteiger charge is -2.28. The van der Waals surface area contributed by atoms with Gasteiger partial charge in [0.05, 0.1) is 6.04 Å². The first-order valence-electron chi connectivity index (χ1n) is 8.15. The van der Waals surface area contributed by atoms with Crippen molar-refractivity contribution < 1.29 is 32.3 Å². The van der Waals surface area contributed by atoms with Crippen molar-refractivity contribution in [3.05, 3.63) is 35.9 Å². The molecule has 7 nitrogen and oxygen atoms in total. The lowest BCUT2D eigenvalue weighted by molar-refractivity contribution is -0.200. The van der Waals surface area contributed by atoms with Gasteiger partial charge in [0, 0.05) is 37.9 Å². The number of nitrogens with zero attached hydrogens (tertiary/aromatic N) is 2. The van der Waals surface area contributed by atoms with Crippen molar-refractivity contribution in [3.8, 4) is 0 Å². The van der Waals surface area contributed by atoms with Crippen molar-refractivity contribution in [2.75, 3.05) is 31.1 Å². The predicted molar refractivity (Wildman–Crippen MR) is 88.7 cm³/mol. The van der Waals surface area contributed by atoms with Gasteiger partial charge in [-0.15, -0.1) is 0 Å². The summed E-state index contributed by atoms with van der Waals surface area (Å²) in [5, 5.41) is 3.24. The van der Waals surface area contributed by atoms with E-state index in [1.54, 1.807) is 29.2 Å². The molecule has 144 valence electrons. The Morgan fingerprint density at radius 3 is 2.56 bits per heavy atom. The smallest absolute Gasteiger partial charge is 0.383 e. The van der Waals surface area contributed by atoms with Gasteiger partial charge in [-0.1, -0.05) is 12.1 Å². The van der Waals surface area contributed by atoms with Gasteiger partial charge in [-0.05, 0) is 23.8 Å². The molecule has 0 saturated carbocycles. The number of nitrogens with one attached hydrogen (secondary N) is 1. The number of fused-ring (bicyclic) bond motifs is 1. The number of halogens is 3. The molecule has 1 N–H and O–H groups in total. The molecular formula is C17H16F3N3O4. The second-order valence-corrected chi connectivity index (χ2v) is 6.08. The second kappa shape index (κ2) is 7.39. The summed E-state index contributed by atoms with van der Waals surface area (Å²) in [5.74, 6) is -3.98. The Balaban J connectivity index is 1.61. The van der Waals surface area contributed by atoms with Crippen LogP contribution in [-0.4, -0.2) is 61.3 Å². The van der Waals surface area contributed by atoms with Gasteiger partial charge >= 0.3 is 24.1 Å². The van der Waals surface area contributed by atoms with E-state index in [1.165, 1.54) is 6.08 Å². The molecule has 1 atom stereocenters. The van der Waals surface area contributed by atoms with E-state index >= 15 is 0 Å². The van der Waals surface area contributed by atoms with E-state index in [4.69, 9.17) is 0 Å². The maximum atomic E-state index is 12.4. The molecule has 27 heavy (non-hydrogen) atoms. The summed E-state index contributed by atoms with van der Waals surface area (Å²) in [6.07, 6.45) is -3.28. The Bertz CT molecular complexity index is 777. The molecule has 1 aromatic carbocycles. The van der Waals surface area contributed by atoms with E-state index in [2.05, 4.69) is 10.1 Å². The molecule has 2 aliphatic rings. The topological polar surface area (TPSA) is 79.0 Å². The highest BCUT2D eigenvalue weighted by molar-refractivity contribution is 5.97. The summed E-state index contributed by atoms with van der Waals surface area (Å²) < 4.78 is 39.7. The van der Waals surface area contributed by atoms with Crippen LogP contribution in [0.3, 0.4) is 0 Å². The molecule has 0 bridgehead atoms. The van der Waals surface area contributed by atoms with Crippen LogP contribution < -0.4 is 10.2 Å². The van der Waals surface area contributed by atoms with Crippen LogP contribution in [0.1, 0.15) is 5.56 Å². The number of hydrogen-bond donors (Lipinski definition) is 1. The number of rotatable bonds is 3. The fourth-order valence-electron chi connectivity index (χ4n) is 2.95. The monoisotopic (exact) mass is 383 g/mol. The van der Waals surface area contributed by atoms with Crippen LogP contribution in [0, 0.1) is 0 Å². The molecule has 2 heterocycles. The van der Waals surface area contributed by atoms with Gasteiger partial charge in [0.15, 0.2) is 0 Å². The maximum Gasteiger partial charge on any atom is 0.491 e. The van der Waals surface area contributed by atoms with Crippen LogP contribution in [0.5, 0.6) is 0 Å². The quantitative estimate of drug-likeness (QED) is 0.487. The Kier molecular flexibility index (Phi) is 5.17. The average molecular weight is 383 g/mol. The highest BCUT2D eigenvalue weighted by atomic mass is 19.4. The van der Waals surface area contributed by atoms with Gasteiger partial charge < -0.3 is 15.0 Å². The number of alkyl halides is 3. The normalized spacial score (nSPS) is 20.1. The number of ether oxygens (including phenoxy) is 1. The molecule has 1 aromatic rings. The number of anilines is 1. The molecule has 2 fully saturated rings. The van der Waals surface area contributed by atoms with Crippen molar-refractivity contribution in [1.82, 2.24) is 10.2 Å². The van der Waals surface area contributed by atoms with E-state index in [-0.39, 0.29) is 12.1 Å². The number of carbonyl (C=O) groups is 3. The molecule has 0 unspecified atom stereocenters. The Morgan fingerprint density at radius 2 is 1.93 bits per heavy atom. The molecule has 3 rings (SSSR count). The first-order valence-corrected chi connectivity index (χ1v) is 8.15. The molecule has 0 spiro atoms. The molecule has 2 saturated heterocycles. The predicted octanol–water partition coefficient (Wildman–Crippen LogP) is 1.55. The number of carbonyl (C=O) groups excluding carboxylic acids is 3. The Hall–Kier alpha value is -2.88. The third kappa shape index (κ3) is 4.27. The Morgan fingerprint density at radius 1 is 1.22 bits per heavy atom. The minimum absolute atomic E-state index is 0.0703. The first-order chi connectivity index (χ1) is 12.8. The van der Waals surface area contributed by atoms with Crippen molar-refractivity contribution in [1.29, 1.82) is 0 Å². The Labute approximate surface area is 152 Å². The van der Waals surface area contributed by atoms with E-state index in [0.717, 1.165) is 19.2 Å². The molecule has 0 radical (unpaired) electrons.